The monoisotopic (exact) mass is 641 g/mol. The summed E-state index contributed by atoms with van der Waals surface area (Å²) >= 11 is 0. The molecule has 0 heterocycles. The van der Waals surface area contributed by atoms with Crippen molar-refractivity contribution in [3.8, 4) is 0 Å². The van der Waals surface area contributed by atoms with Gasteiger partial charge < -0.3 is 15.3 Å². The first kappa shape index (κ1) is 36.7. The molecule has 0 bridgehead atoms. The van der Waals surface area contributed by atoms with Crippen molar-refractivity contribution >= 4 is 27.7 Å². The highest BCUT2D eigenvalue weighted by Gasteiger charge is 2.42. The van der Waals surface area contributed by atoms with Gasteiger partial charge in [-0.25, -0.2) is 18.6 Å². The minimum absolute atomic E-state index is 0.0135. The van der Waals surface area contributed by atoms with Crippen LogP contribution in [0.2, 0.25) is 0 Å². The average Bonchev–Trinajstić information content (AvgIpc) is 3.00. The Morgan fingerprint density at radius 3 is 1.98 bits per heavy atom. The molecule has 0 saturated heterocycles. The van der Waals surface area contributed by atoms with Crippen molar-refractivity contribution in [3.63, 3.8) is 0 Å². The molecule has 0 aliphatic heterocycles. The van der Waals surface area contributed by atoms with Crippen LogP contribution in [-0.4, -0.2) is 85.2 Å². The highest BCUT2D eigenvalue weighted by atomic mass is 32.2. The summed E-state index contributed by atoms with van der Waals surface area (Å²) in [6.07, 6.45) is 12.2. The lowest BCUT2D eigenvalue weighted by Gasteiger charge is -2.37. The third-order valence-corrected chi connectivity index (χ3v) is 11.3. The minimum Gasteiger partial charge on any atom is -0.390 e. The summed E-state index contributed by atoms with van der Waals surface area (Å²) in [5.74, 6) is -1.46. The average molecular weight is 642 g/mol. The second-order valence-corrected chi connectivity index (χ2v) is 15.6. The smallest absolute Gasteiger partial charge is 0.237 e. The van der Waals surface area contributed by atoms with Crippen molar-refractivity contribution in [2.75, 3.05) is 26.7 Å². The molecule has 3 amide bonds. The Kier molecular flexibility index (Phi) is 14.9. The Morgan fingerprint density at radius 2 is 1.41 bits per heavy atom. The Bertz CT molecular complexity index is 1020. The maximum Gasteiger partial charge on any atom is 0.237 e. The number of amides is 3. The fraction of sp³-hybridized carbons (Fsp3) is 0.906. The number of hydrogen-bond acceptors (Lipinski definition) is 7. The first-order valence-electron chi connectivity index (χ1n) is 17.2. The largest absolute Gasteiger partial charge is 0.390 e. The predicted molar refractivity (Wildman–Crippen MR) is 171 cm³/mol. The van der Waals surface area contributed by atoms with Crippen molar-refractivity contribution in [2.45, 2.75) is 134 Å². The molecule has 11 nitrogen and oxygen atoms in total. The molecular weight excluding hydrogens is 582 g/mol. The number of sulfonamides is 1. The van der Waals surface area contributed by atoms with E-state index < -0.39 is 39.3 Å². The number of likely N-dealkylation sites (N-methyl/N-ethyl adjacent to an activating group) is 1. The van der Waals surface area contributed by atoms with Gasteiger partial charge in [0.15, 0.2) is 0 Å². The van der Waals surface area contributed by atoms with E-state index >= 15 is 0 Å². The molecule has 3 fully saturated rings. The van der Waals surface area contributed by atoms with Crippen LogP contribution in [0.5, 0.6) is 0 Å². The van der Waals surface area contributed by atoms with Gasteiger partial charge in [0.05, 0.1) is 17.4 Å². The van der Waals surface area contributed by atoms with Crippen LogP contribution in [0.15, 0.2) is 0 Å². The number of aliphatic hydroxyl groups excluding tert-OH is 1. The standard InChI is InChI=1S/C32H59N5O6S/c1-4-16-37(17-5-2)32(41)26-19-25(20-27(21-26)44(33,42)43)30(39)34-28(18-23-12-8-6-9-13-23)29(38)22-36(3)35-31(40)24-14-10-7-11-15-24/h23-29,38H,4-22H2,1-3H3,(H,34,39)(H,35,40)(H2,33,42,43). The van der Waals surface area contributed by atoms with Crippen LogP contribution < -0.4 is 15.9 Å². The molecule has 5 N–H and O–H groups in total. The van der Waals surface area contributed by atoms with Crippen molar-refractivity contribution in [1.82, 2.24) is 20.7 Å². The number of primary sulfonamides is 1. The number of aliphatic hydroxyl groups is 1. The van der Waals surface area contributed by atoms with Crippen LogP contribution in [0.25, 0.3) is 0 Å². The van der Waals surface area contributed by atoms with E-state index in [0.29, 0.717) is 25.4 Å². The number of rotatable bonds is 15. The van der Waals surface area contributed by atoms with Gasteiger partial charge >= 0.3 is 0 Å². The summed E-state index contributed by atoms with van der Waals surface area (Å²) < 4.78 is 25.0. The van der Waals surface area contributed by atoms with Gasteiger partial charge in [-0.1, -0.05) is 65.2 Å². The Morgan fingerprint density at radius 1 is 0.841 bits per heavy atom. The number of hydrazine groups is 1. The molecule has 254 valence electrons. The van der Waals surface area contributed by atoms with E-state index in [1.165, 1.54) is 6.42 Å². The third-order valence-electron chi connectivity index (χ3n) is 9.99. The van der Waals surface area contributed by atoms with Crippen LogP contribution >= 0.6 is 0 Å². The first-order chi connectivity index (χ1) is 20.9. The zero-order valence-corrected chi connectivity index (χ0v) is 28.2. The summed E-state index contributed by atoms with van der Waals surface area (Å²) in [5.41, 5.74) is 2.93. The van der Waals surface area contributed by atoms with Crippen LogP contribution in [0, 0.1) is 23.7 Å². The second-order valence-electron chi connectivity index (χ2n) is 13.8. The lowest BCUT2D eigenvalue weighted by atomic mass is 9.79. The van der Waals surface area contributed by atoms with Crippen LogP contribution in [0.1, 0.15) is 117 Å². The second kappa shape index (κ2) is 17.8. The summed E-state index contributed by atoms with van der Waals surface area (Å²) in [7, 11) is -2.23. The van der Waals surface area contributed by atoms with Gasteiger partial charge in [-0.3, -0.25) is 19.8 Å². The van der Waals surface area contributed by atoms with Gasteiger partial charge in [-0.15, -0.1) is 0 Å². The van der Waals surface area contributed by atoms with Crippen molar-refractivity contribution < 1.29 is 27.9 Å². The molecule has 3 aliphatic carbocycles. The van der Waals surface area contributed by atoms with E-state index in [4.69, 9.17) is 5.14 Å². The summed E-state index contributed by atoms with van der Waals surface area (Å²) in [5, 5.41) is 20.7. The zero-order chi connectivity index (χ0) is 32.3. The van der Waals surface area contributed by atoms with E-state index in [1.54, 1.807) is 17.0 Å². The van der Waals surface area contributed by atoms with Crippen LogP contribution in [0.3, 0.4) is 0 Å². The Balaban J connectivity index is 1.72. The normalized spacial score (nSPS) is 25.3. The summed E-state index contributed by atoms with van der Waals surface area (Å²) in [6, 6.07) is -0.569. The molecule has 44 heavy (non-hydrogen) atoms. The molecule has 5 unspecified atom stereocenters. The number of hydrogen-bond donors (Lipinski definition) is 4. The Hall–Kier alpha value is -1.76. The maximum atomic E-state index is 13.8. The summed E-state index contributed by atoms with van der Waals surface area (Å²) in [6.45, 7) is 5.30. The van der Waals surface area contributed by atoms with Crippen molar-refractivity contribution in [2.24, 2.45) is 28.8 Å². The summed E-state index contributed by atoms with van der Waals surface area (Å²) in [4.78, 5) is 41.9. The molecule has 0 aromatic carbocycles. The number of carbonyl (C=O) groups is 3. The van der Waals surface area contributed by atoms with Gasteiger partial charge in [-0.05, 0) is 57.3 Å². The van der Waals surface area contributed by atoms with Crippen LogP contribution in [0.4, 0.5) is 0 Å². The highest BCUT2D eigenvalue weighted by molar-refractivity contribution is 7.89. The van der Waals surface area contributed by atoms with Gasteiger partial charge in [0.2, 0.25) is 27.7 Å². The van der Waals surface area contributed by atoms with Gasteiger partial charge in [0, 0.05) is 44.4 Å². The lowest BCUT2D eigenvalue weighted by Crippen LogP contribution is -2.54. The fourth-order valence-corrected chi connectivity index (χ4v) is 8.57. The number of carbonyl (C=O) groups excluding carboxylic acids is 3. The Labute approximate surface area is 265 Å². The van der Waals surface area contributed by atoms with E-state index in [1.807, 2.05) is 13.8 Å². The molecule has 0 radical (unpaired) electrons. The number of nitrogens with two attached hydrogens (primary N) is 1. The first-order valence-corrected chi connectivity index (χ1v) is 18.8. The molecule has 0 spiro atoms. The lowest BCUT2D eigenvalue weighted by molar-refractivity contribution is -0.139. The number of nitrogens with one attached hydrogen (secondary N) is 2. The molecule has 3 aliphatic rings. The molecular formula is C32H59N5O6S. The van der Waals surface area contributed by atoms with Crippen LogP contribution in [-0.2, 0) is 24.4 Å². The van der Waals surface area contributed by atoms with E-state index in [-0.39, 0.29) is 49.4 Å². The van der Waals surface area contributed by atoms with E-state index in [9.17, 15) is 27.9 Å². The zero-order valence-electron chi connectivity index (χ0n) is 27.3. The molecule has 12 heteroatoms. The number of nitrogens with zero attached hydrogens (tertiary/aromatic N) is 2. The molecule has 5 atom stereocenters. The molecule has 0 aromatic rings. The SMILES string of the molecule is CCCN(CCC)C(=O)C1CC(C(=O)NC(CC2CCCCC2)C(O)CN(C)NC(=O)C2CCCCC2)CC(S(N)(=O)=O)C1. The van der Waals surface area contributed by atoms with Crippen molar-refractivity contribution in [1.29, 1.82) is 0 Å². The minimum atomic E-state index is -3.96. The van der Waals surface area contributed by atoms with E-state index in [2.05, 4.69) is 10.7 Å². The van der Waals surface area contributed by atoms with E-state index in [0.717, 1.165) is 70.6 Å². The molecule has 3 rings (SSSR count). The topological polar surface area (TPSA) is 162 Å². The highest BCUT2D eigenvalue weighted by Crippen LogP contribution is 2.35. The quantitative estimate of drug-likeness (QED) is 0.200. The molecule has 0 aromatic heterocycles. The van der Waals surface area contributed by atoms with Gasteiger partial charge in [0.25, 0.3) is 0 Å². The predicted octanol–water partition coefficient (Wildman–Crippen LogP) is 3.07. The third kappa shape index (κ3) is 11.2. The van der Waals surface area contributed by atoms with Gasteiger partial charge in [-0.2, -0.15) is 0 Å². The fourth-order valence-electron chi connectivity index (χ4n) is 7.57. The maximum absolute atomic E-state index is 13.8. The van der Waals surface area contributed by atoms with Gasteiger partial charge in [0.1, 0.15) is 0 Å². The molecule has 3 saturated carbocycles. The van der Waals surface area contributed by atoms with Crippen molar-refractivity contribution in [3.05, 3.63) is 0 Å².